The molecule has 0 radical (unpaired) electrons. The molecule has 2 aromatic rings. The van der Waals surface area contributed by atoms with Crippen LogP contribution in [0.3, 0.4) is 0 Å². The summed E-state index contributed by atoms with van der Waals surface area (Å²) < 4.78 is 12.6. The van der Waals surface area contributed by atoms with Crippen molar-refractivity contribution in [3.05, 3.63) is 47.2 Å². The SMILES string of the molecule is Cc1cc(CC(NC(=O)OC(C)(C)C)C(=O)O)c(C)n1Cc1ccco1. The molecule has 26 heavy (non-hydrogen) atoms. The molecule has 0 saturated carbocycles. The second-order valence-electron chi connectivity index (χ2n) is 7.30. The first-order chi connectivity index (χ1) is 12.1. The van der Waals surface area contributed by atoms with Gasteiger partial charge in [-0.2, -0.15) is 0 Å². The van der Waals surface area contributed by atoms with Crippen LogP contribution in [0.1, 0.15) is 43.5 Å². The number of carboxylic acids is 1. The van der Waals surface area contributed by atoms with Crippen LogP contribution in [0.15, 0.2) is 28.9 Å². The van der Waals surface area contributed by atoms with E-state index in [2.05, 4.69) is 9.88 Å². The van der Waals surface area contributed by atoms with Crippen molar-refractivity contribution in [1.82, 2.24) is 9.88 Å². The number of carbonyl (C=O) groups excluding carboxylic acids is 1. The molecule has 0 fully saturated rings. The average molecular weight is 362 g/mol. The summed E-state index contributed by atoms with van der Waals surface area (Å²) in [6.07, 6.45) is 1.05. The fourth-order valence-corrected chi connectivity index (χ4v) is 2.75. The van der Waals surface area contributed by atoms with E-state index in [0.717, 1.165) is 22.7 Å². The number of alkyl carbamates (subject to hydrolysis) is 1. The molecule has 1 atom stereocenters. The zero-order chi connectivity index (χ0) is 19.5. The third-order valence-corrected chi connectivity index (χ3v) is 3.99. The van der Waals surface area contributed by atoms with E-state index in [4.69, 9.17) is 9.15 Å². The molecular formula is C19H26N2O5. The lowest BCUT2D eigenvalue weighted by molar-refractivity contribution is -0.139. The van der Waals surface area contributed by atoms with Gasteiger partial charge in [0.25, 0.3) is 0 Å². The maximum absolute atomic E-state index is 11.9. The number of carbonyl (C=O) groups is 2. The number of amides is 1. The highest BCUT2D eigenvalue weighted by molar-refractivity contribution is 5.80. The lowest BCUT2D eigenvalue weighted by Crippen LogP contribution is -2.44. The molecule has 1 unspecified atom stereocenters. The molecule has 0 spiro atoms. The van der Waals surface area contributed by atoms with Gasteiger partial charge in [0, 0.05) is 17.8 Å². The molecule has 142 valence electrons. The van der Waals surface area contributed by atoms with Gasteiger partial charge in [0.1, 0.15) is 17.4 Å². The van der Waals surface area contributed by atoms with Crippen LogP contribution in [0, 0.1) is 13.8 Å². The zero-order valence-corrected chi connectivity index (χ0v) is 15.8. The Morgan fingerprint density at radius 3 is 2.58 bits per heavy atom. The van der Waals surface area contributed by atoms with Gasteiger partial charge >= 0.3 is 12.1 Å². The Labute approximate surface area is 152 Å². The van der Waals surface area contributed by atoms with Gasteiger partial charge in [-0.05, 0) is 58.4 Å². The fraction of sp³-hybridized carbons (Fsp3) is 0.474. The van der Waals surface area contributed by atoms with Gasteiger partial charge in [-0.25, -0.2) is 9.59 Å². The highest BCUT2D eigenvalue weighted by Gasteiger charge is 2.25. The smallest absolute Gasteiger partial charge is 0.408 e. The number of nitrogens with zero attached hydrogens (tertiary/aromatic N) is 1. The van der Waals surface area contributed by atoms with E-state index in [9.17, 15) is 14.7 Å². The first-order valence-corrected chi connectivity index (χ1v) is 8.47. The van der Waals surface area contributed by atoms with Gasteiger partial charge in [-0.3, -0.25) is 0 Å². The van der Waals surface area contributed by atoms with E-state index in [0.29, 0.717) is 6.54 Å². The maximum atomic E-state index is 11.9. The average Bonchev–Trinajstić information content (AvgIpc) is 3.09. The molecule has 7 heteroatoms. The van der Waals surface area contributed by atoms with Crippen LogP contribution in [-0.2, 0) is 22.5 Å². The van der Waals surface area contributed by atoms with Crippen LogP contribution in [0.2, 0.25) is 0 Å². The van der Waals surface area contributed by atoms with E-state index in [1.807, 2.05) is 32.0 Å². The molecule has 0 bridgehead atoms. The molecule has 0 aliphatic heterocycles. The minimum absolute atomic E-state index is 0.173. The third-order valence-electron chi connectivity index (χ3n) is 3.99. The number of ether oxygens (including phenoxy) is 1. The number of hydrogen-bond donors (Lipinski definition) is 2. The van der Waals surface area contributed by atoms with Crippen molar-refractivity contribution in [2.45, 2.75) is 59.2 Å². The highest BCUT2D eigenvalue weighted by Crippen LogP contribution is 2.19. The number of carboxylic acid groups (broad SMARTS) is 1. The first-order valence-electron chi connectivity index (χ1n) is 8.47. The summed E-state index contributed by atoms with van der Waals surface area (Å²) in [5, 5.41) is 11.9. The van der Waals surface area contributed by atoms with Gasteiger partial charge < -0.3 is 24.1 Å². The van der Waals surface area contributed by atoms with E-state index in [-0.39, 0.29) is 6.42 Å². The number of furan rings is 1. The zero-order valence-electron chi connectivity index (χ0n) is 15.8. The Hall–Kier alpha value is -2.70. The molecule has 2 N–H and O–H groups in total. The first kappa shape index (κ1) is 19.6. The van der Waals surface area contributed by atoms with Gasteiger partial charge in [0.15, 0.2) is 0 Å². The van der Waals surface area contributed by atoms with E-state index in [1.165, 1.54) is 0 Å². The predicted octanol–water partition coefficient (Wildman–Crippen LogP) is 3.27. The molecule has 2 rings (SSSR count). The van der Waals surface area contributed by atoms with E-state index >= 15 is 0 Å². The van der Waals surface area contributed by atoms with Crippen molar-refractivity contribution >= 4 is 12.1 Å². The van der Waals surface area contributed by atoms with Crippen molar-refractivity contribution in [3.63, 3.8) is 0 Å². The minimum Gasteiger partial charge on any atom is -0.480 e. The Kier molecular flexibility index (Phi) is 5.79. The summed E-state index contributed by atoms with van der Waals surface area (Å²) in [5.74, 6) is -0.285. The Bertz CT molecular complexity index is 769. The van der Waals surface area contributed by atoms with Crippen molar-refractivity contribution in [3.8, 4) is 0 Å². The maximum Gasteiger partial charge on any atom is 0.408 e. The summed E-state index contributed by atoms with van der Waals surface area (Å²) in [5.41, 5.74) is 2.11. The molecule has 1 amide bonds. The summed E-state index contributed by atoms with van der Waals surface area (Å²) in [4.78, 5) is 23.5. The van der Waals surface area contributed by atoms with Crippen molar-refractivity contribution in [2.24, 2.45) is 0 Å². The standard InChI is InChI=1S/C19H26N2O5/c1-12-9-14(13(2)21(12)11-15-7-6-8-25-15)10-16(17(22)23)20-18(24)26-19(3,4)5/h6-9,16H,10-11H2,1-5H3,(H,20,24)(H,22,23). The summed E-state index contributed by atoms with van der Waals surface area (Å²) in [6.45, 7) is 9.63. The molecule has 2 aromatic heterocycles. The fourth-order valence-electron chi connectivity index (χ4n) is 2.75. The van der Waals surface area contributed by atoms with Crippen molar-refractivity contribution in [1.29, 1.82) is 0 Å². The van der Waals surface area contributed by atoms with Gasteiger partial charge in [-0.1, -0.05) is 0 Å². The number of aliphatic carboxylic acids is 1. The summed E-state index contributed by atoms with van der Waals surface area (Å²) in [6, 6.07) is 4.59. The number of aryl methyl sites for hydroxylation is 1. The second-order valence-corrected chi connectivity index (χ2v) is 7.30. The van der Waals surface area contributed by atoms with Crippen molar-refractivity contribution < 1.29 is 23.8 Å². The topological polar surface area (TPSA) is 93.7 Å². The lowest BCUT2D eigenvalue weighted by Gasteiger charge is -2.22. The summed E-state index contributed by atoms with van der Waals surface area (Å²) >= 11 is 0. The Morgan fingerprint density at radius 1 is 1.35 bits per heavy atom. The van der Waals surface area contributed by atoms with Crippen molar-refractivity contribution in [2.75, 3.05) is 0 Å². The number of aromatic nitrogens is 1. The van der Waals surface area contributed by atoms with Crippen LogP contribution >= 0.6 is 0 Å². The van der Waals surface area contributed by atoms with Crippen LogP contribution in [0.5, 0.6) is 0 Å². The molecule has 0 saturated heterocycles. The van der Waals surface area contributed by atoms with Crippen LogP contribution in [-0.4, -0.2) is 33.4 Å². The predicted molar refractivity (Wildman–Crippen MR) is 96.2 cm³/mol. The van der Waals surface area contributed by atoms with Crippen LogP contribution in [0.25, 0.3) is 0 Å². The molecule has 0 aliphatic carbocycles. The second kappa shape index (κ2) is 7.68. The highest BCUT2D eigenvalue weighted by atomic mass is 16.6. The quantitative estimate of drug-likeness (QED) is 0.822. The Morgan fingerprint density at radius 2 is 2.04 bits per heavy atom. The van der Waals surface area contributed by atoms with E-state index < -0.39 is 23.7 Å². The number of nitrogens with one attached hydrogen (secondary N) is 1. The minimum atomic E-state index is -1.10. The van der Waals surface area contributed by atoms with Gasteiger partial charge in [0.05, 0.1) is 12.8 Å². The van der Waals surface area contributed by atoms with Crippen LogP contribution in [0.4, 0.5) is 4.79 Å². The number of rotatable bonds is 6. The number of hydrogen-bond acceptors (Lipinski definition) is 4. The largest absolute Gasteiger partial charge is 0.480 e. The lowest BCUT2D eigenvalue weighted by atomic mass is 10.1. The molecule has 7 nitrogen and oxygen atoms in total. The molecule has 0 aliphatic rings. The van der Waals surface area contributed by atoms with Crippen LogP contribution < -0.4 is 5.32 Å². The monoisotopic (exact) mass is 362 g/mol. The Balaban J connectivity index is 2.14. The van der Waals surface area contributed by atoms with E-state index in [1.54, 1.807) is 27.0 Å². The molecular weight excluding hydrogens is 336 g/mol. The summed E-state index contributed by atoms with van der Waals surface area (Å²) in [7, 11) is 0. The van der Waals surface area contributed by atoms with Gasteiger partial charge in [0.2, 0.25) is 0 Å². The normalized spacial score (nSPS) is 12.7. The van der Waals surface area contributed by atoms with Gasteiger partial charge in [-0.15, -0.1) is 0 Å². The third kappa shape index (κ3) is 5.15. The molecule has 0 aromatic carbocycles. The molecule has 2 heterocycles.